The summed E-state index contributed by atoms with van der Waals surface area (Å²) in [5.41, 5.74) is 1.63. The molecule has 0 bridgehead atoms. The van der Waals surface area contributed by atoms with Gasteiger partial charge in [0.1, 0.15) is 11.6 Å². The molecule has 0 saturated heterocycles. The van der Waals surface area contributed by atoms with Gasteiger partial charge in [-0.3, -0.25) is 9.88 Å². The molecular weight excluding hydrogens is 307 g/mol. The molecule has 4 nitrogen and oxygen atoms in total. The average Bonchev–Trinajstić information content (AvgIpc) is 2.55. The predicted molar refractivity (Wildman–Crippen MR) is 92.3 cm³/mol. The summed E-state index contributed by atoms with van der Waals surface area (Å²) in [4.78, 5) is 6.55. The summed E-state index contributed by atoms with van der Waals surface area (Å²) in [6.45, 7) is 6.22. The monoisotopic (exact) mass is 332 g/mol. The number of methoxy groups -OCH3 is 1. The lowest BCUT2D eigenvalue weighted by Gasteiger charge is -2.26. The molecule has 2 rings (SSSR count). The van der Waals surface area contributed by atoms with Gasteiger partial charge < -0.3 is 9.84 Å². The second-order valence-corrected chi connectivity index (χ2v) is 6.34. The van der Waals surface area contributed by atoms with E-state index in [-0.39, 0.29) is 5.82 Å². The summed E-state index contributed by atoms with van der Waals surface area (Å²) < 4.78 is 18.1. The third kappa shape index (κ3) is 5.58. The van der Waals surface area contributed by atoms with Crippen LogP contribution in [0.15, 0.2) is 42.6 Å². The number of aromatic nitrogens is 1. The quantitative estimate of drug-likeness (QED) is 0.804. The van der Waals surface area contributed by atoms with Gasteiger partial charge in [-0.15, -0.1) is 0 Å². The molecule has 0 saturated carbocycles. The van der Waals surface area contributed by atoms with Crippen molar-refractivity contribution in [3.63, 3.8) is 0 Å². The van der Waals surface area contributed by atoms with E-state index in [1.54, 1.807) is 25.4 Å². The number of nitrogens with zero attached hydrogens (tertiary/aromatic N) is 2. The second kappa shape index (κ2) is 8.76. The summed E-state index contributed by atoms with van der Waals surface area (Å²) in [7, 11) is 1.61. The van der Waals surface area contributed by atoms with E-state index in [1.165, 1.54) is 12.1 Å². The van der Waals surface area contributed by atoms with Crippen LogP contribution in [0.2, 0.25) is 0 Å². The van der Waals surface area contributed by atoms with E-state index in [0.29, 0.717) is 24.6 Å². The number of hydrogen-bond acceptors (Lipinski definition) is 4. The van der Waals surface area contributed by atoms with Gasteiger partial charge in [0.25, 0.3) is 0 Å². The lowest BCUT2D eigenvalue weighted by Crippen LogP contribution is -2.32. The highest BCUT2D eigenvalue weighted by Gasteiger charge is 2.16. The van der Waals surface area contributed by atoms with Crippen LogP contribution in [-0.4, -0.2) is 35.2 Å². The van der Waals surface area contributed by atoms with Crippen LogP contribution in [0.5, 0.6) is 5.75 Å². The Hall–Kier alpha value is -1.98. The van der Waals surface area contributed by atoms with Gasteiger partial charge >= 0.3 is 0 Å². The van der Waals surface area contributed by atoms with Gasteiger partial charge in [0.2, 0.25) is 0 Å². The Balaban J connectivity index is 2.04. The van der Waals surface area contributed by atoms with Crippen LogP contribution in [0.1, 0.15) is 31.2 Å². The fourth-order valence-corrected chi connectivity index (χ4v) is 2.61. The van der Waals surface area contributed by atoms with Crippen molar-refractivity contribution in [3.05, 3.63) is 59.7 Å². The fraction of sp³-hybridized carbons (Fsp3) is 0.421. The molecule has 1 unspecified atom stereocenters. The zero-order valence-corrected chi connectivity index (χ0v) is 14.4. The van der Waals surface area contributed by atoms with Crippen molar-refractivity contribution in [3.8, 4) is 5.75 Å². The molecule has 0 radical (unpaired) electrons. The Kier molecular flexibility index (Phi) is 6.70. The molecule has 0 aliphatic carbocycles. The first-order valence-electron chi connectivity index (χ1n) is 8.12. The Labute approximate surface area is 142 Å². The first-order valence-corrected chi connectivity index (χ1v) is 8.12. The Morgan fingerprint density at radius 2 is 1.83 bits per heavy atom. The van der Waals surface area contributed by atoms with Crippen LogP contribution in [0.25, 0.3) is 0 Å². The maximum atomic E-state index is 13.0. The highest BCUT2D eigenvalue weighted by Crippen LogP contribution is 2.18. The van der Waals surface area contributed by atoms with Crippen molar-refractivity contribution in [2.45, 2.75) is 26.5 Å². The summed E-state index contributed by atoms with van der Waals surface area (Å²) in [5.74, 6) is 0.886. The summed E-state index contributed by atoms with van der Waals surface area (Å²) in [6, 6.07) is 9.80. The number of ether oxygens (including phenoxy) is 1. The van der Waals surface area contributed by atoms with Crippen molar-refractivity contribution >= 4 is 0 Å². The first-order chi connectivity index (χ1) is 11.5. The third-order valence-corrected chi connectivity index (χ3v) is 3.73. The first kappa shape index (κ1) is 18.4. The highest BCUT2D eigenvalue weighted by atomic mass is 19.1. The normalized spacial score (nSPS) is 12.6. The van der Waals surface area contributed by atoms with Gasteiger partial charge in [0.15, 0.2) is 0 Å². The van der Waals surface area contributed by atoms with Crippen LogP contribution in [0, 0.1) is 11.7 Å². The fourth-order valence-electron chi connectivity index (χ4n) is 2.61. The van der Waals surface area contributed by atoms with Gasteiger partial charge in [-0.2, -0.15) is 0 Å². The molecule has 1 aromatic carbocycles. The van der Waals surface area contributed by atoms with Crippen LogP contribution in [0.4, 0.5) is 4.39 Å². The number of aliphatic hydroxyl groups excluding tert-OH is 1. The van der Waals surface area contributed by atoms with Gasteiger partial charge in [-0.25, -0.2) is 4.39 Å². The molecule has 24 heavy (non-hydrogen) atoms. The van der Waals surface area contributed by atoms with E-state index in [2.05, 4.69) is 23.7 Å². The molecule has 0 fully saturated rings. The van der Waals surface area contributed by atoms with E-state index in [1.807, 2.05) is 12.1 Å². The number of benzene rings is 1. The standard InChI is InChI=1S/C19H25FN2O2/c1-14(2)11-22(12-17-8-9-18(24-3)10-21-17)13-19(23)15-4-6-16(20)7-5-15/h4-10,14,19,23H,11-13H2,1-3H3. The van der Waals surface area contributed by atoms with Crippen LogP contribution in [0.3, 0.4) is 0 Å². The van der Waals surface area contributed by atoms with Gasteiger partial charge in [-0.05, 0) is 35.7 Å². The number of hydrogen-bond donors (Lipinski definition) is 1. The third-order valence-electron chi connectivity index (χ3n) is 3.73. The number of pyridine rings is 1. The van der Waals surface area contributed by atoms with Crippen LogP contribution in [-0.2, 0) is 6.54 Å². The van der Waals surface area contributed by atoms with Crippen molar-refractivity contribution in [2.24, 2.45) is 5.92 Å². The molecule has 1 heterocycles. The highest BCUT2D eigenvalue weighted by molar-refractivity contribution is 5.20. The largest absolute Gasteiger partial charge is 0.495 e. The van der Waals surface area contributed by atoms with E-state index in [4.69, 9.17) is 4.74 Å². The van der Waals surface area contributed by atoms with Crippen molar-refractivity contribution in [1.82, 2.24) is 9.88 Å². The Bertz CT molecular complexity index is 614. The summed E-state index contributed by atoms with van der Waals surface area (Å²) in [5, 5.41) is 10.5. The van der Waals surface area contributed by atoms with Crippen LogP contribution >= 0.6 is 0 Å². The zero-order chi connectivity index (χ0) is 17.5. The van der Waals surface area contributed by atoms with E-state index in [9.17, 15) is 9.50 Å². The van der Waals surface area contributed by atoms with Gasteiger partial charge in [0.05, 0.1) is 25.1 Å². The maximum Gasteiger partial charge on any atom is 0.137 e. The van der Waals surface area contributed by atoms with E-state index in [0.717, 1.165) is 18.0 Å². The van der Waals surface area contributed by atoms with Gasteiger partial charge in [-0.1, -0.05) is 26.0 Å². The molecular formula is C19H25FN2O2. The summed E-state index contributed by atoms with van der Waals surface area (Å²) >= 11 is 0. The molecule has 0 spiro atoms. The summed E-state index contributed by atoms with van der Waals surface area (Å²) in [6.07, 6.45) is 1.03. The molecule has 130 valence electrons. The lowest BCUT2D eigenvalue weighted by atomic mass is 10.1. The lowest BCUT2D eigenvalue weighted by molar-refractivity contribution is 0.101. The molecule has 2 aromatic rings. The Morgan fingerprint density at radius 1 is 1.12 bits per heavy atom. The minimum absolute atomic E-state index is 0.299. The van der Waals surface area contributed by atoms with E-state index >= 15 is 0 Å². The maximum absolute atomic E-state index is 13.0. The second-order valence-electron chi connectivity index (χ2n) is 6.34. The molecule has 0 amide bonds. The molecule has 0 aliphatic rings. The smallest absolute Gasteiger partial charge is 0.137 e. The van der Waals surface area contributed by atoms with Gasteiger partial charge in [0, 0.05) is 19.6 Å². The van der Waals surface area contributed by atoms with Crippen molar-refractivity contribution < 1.29 is 14.2 Å². The minimum Gasteiger partial charge on any atom is -0.495 e. The number of aliphatic hydroxyl groups is 1. The zero-order valence-electron chi connectivity index (χ0n) is 14.4. The topological polar surface area (TPSA) is 45.6 Å². The molecule has 1 N–H and O–H groups in total. The molecule has 1 atom stereocenters. The number of rotatable bonds is 8. The van der Waals surface area contributed by atoms with Crippen molar-refractivity contribution in [1.29, 1.82) is 0 Å². The van der Waals surface area contributed by atoms with Crippen molar-refractivity contribution in [2.75, 3.05) is 20.2 Å². The molecule has 5 heteroatoms. The predicted octanol–water partition coefficient (Wildman–Crippen LogP) is 3.42. The van der Waals surface area contributed by atoms with Crippen LogP contribution < -0.4 is 4.74 Å². The number of halogens is 1. The average molecular weight is 332 g/mol. The van der Waals surface area contributed by atoms with E-state index < -0.39 is 6.10 Å². The SMILES string of the molecule is COc1ccc(CN(CC(C)C)CC(O)c2ccc(F)cc2)nc1. The molecule has 1 aromatic heterocycles. The molecule has 0 aliphatic heterocycles. The Morgan fingerprint density at radius 3 is 2.38 bits per heavy atom. The minimum atomic E-state index is -0.664.